The molecule has 1 N–H and O–H groups in total. The van der Waals surface area contributed by atoms with Crippen LogP contribution in [0.3, 0.4) is 0 Å². The highest BCUT2D eigenvalue weighted by Crippen LogP contribution is 2.73. The predicted molar refractivity (Wildman–Crippen MR) is 43.0 cm³/mol. The van der Waals surface area contributed by atoms with E-state index in [0.717, 1.165) is 0 Å². The van der Waals surface area contributed by atoms with Gasteiger partial charge >= 0.3 is 11.9 Å². The molecule has 3 saturated carbocycles. The van der Waals surface area contributed by atoms with Gasteiger partial charge in [0, 0.05) is 0 Å². The van der Waals surface area contributed by atoms with Crippen molar-refractivity contribution in [3.63, 3.8) is 0 Å². The number of rotatable bonds is 3. The third-order valence-corrected chi connectivity index (χ3v) is 3.19. The molecule has 0 radical (unpaired) electrons. The molecule has 2 bridgehead atoms. The van der Waals surface area contributed by atoms with Crippen molar-refractivity contribution >= 4 is 11.9 Å². The van der Waals surface area contributed by atoms with Crippen LogP contribution < -0.4 is 0 Å². The van der Waals surface area contributed by atoms with E-state index in [1.165, 1.54) is 0 Å². The van der Waals surface area contributed by atoms with Gasteiger partial charge in [-0.15, -0.1) is 0 Å². The van der Waals surface area contributed by atoms with Crippen LogP contribution in [0.2, 0.25) is 0 Å². The van der Waals surface area contributed by atoms with Gasteiger partial charge in [-0.05, 0) is 26.2 Å². The minimum Gasteiger partial charge on any atom is -0.481 e. The quantitative estimate of drug-likeness (QED) is 0.659. The van der Waals surface area contributed by atoms with Gasteiger partial charge in [-0.1, -0.05) is 0 Å². The van der Waals surface area contributed by atoms with Crippen LogP contribution in [0.25, 0.3) is 0 Å². The van der Waals surface area contributed by atoms with E-state index in [1.54, 1.807) is 6.92 Å². The number of aliphatic carboxylic acids is 1. The third kappa shape index (κ3) is 0.857. The first kappa shape index (κ1) is 8.53. The zero-order chi connectivity index (χ0) is 9.69. The molecule has 72 valence electrons. The Labute approximate surface area is 75.9 Å². The zero-order valence-corrected chi connectivity index (χ0v) is 7.50. The minimum absolute atomic E-state index is 0.210. The molecular formula is C9H12O4. The van der Waals surface area contributed by atoms with Gasteiger partial charge in [0.05, 0.1) is 17.4 Å². The predicted octanol–water partition coefficient (Wildman–Crippen LogP) is 0.804. The van der Waals surface area contributed by atoms with E-state index in [9.17, 15) is 9.59 Å². The molecule has 3 aliphatic rings. The lowest BCUT2D eigenvalue weighted by molar-refractivity contribution is -0.233. The molecule has 0 saturated heterocycles. The Morgan fingerprint density at radius 1 is 1.31 bits per heavy atom. The number of hydrogen-bond donors (Lipinski definition) is 1. The summed E-state index contributed by atoms with van der Waals surface area (Å²) in [6, 6.07) is 0. The lowest BCUT2D eigenvalue weighted by atomic mass is 9.35. The van der Waals surface area contributed by atoms with E-state index in [-0.39, 0.29) is 5.97 Å². The van der Waals surface area contributed by atoms with Crippen molar-refractivity contribution in [2.75, 3.05) is 6.61 Å². The molecule has 0 unspecified atom stereocenters. The summed E-state index contributed by atoms with van der Waals surface area (Å²) in [7, 11) is 0. The van der Waals surface area contributed by atoms with Crippen LogP contribution in [0.5, 0.6) is 0 Å². The number of ether oxygens (including phenoxy) is 1. The molecule has 3 rings (SSSR count). The van der Waals surface area contributed by atoms with Crippen molar-refractivity contribution in [2.24, 2.45) is 10.8 Å². The number of carbonyl (C=O) groups excluding carboxylic acids is 1. The van der Waals surface area contributed by atoms with Crippen molar-refractivity contribution in [1.82, 2.24) is 0 Å². The smallest absolute Gasteiger partial charge is 0.312 e. The van der Waals surface area contributed by atoms with Crippen LogP contribution in [-0.2, 0) is 14.3 Å². The fraction of sp³-hybridized carbons (Fsp3) is 0.778. The lowest BCUT2D eigenvalue weighted by Gasteiger charge is -2.65. The molecule has 4 nitrogen and oxygen atoms in total. The highest BCUT2D eigenvalue weighted by Gasteiger charge is 2.76. The van der Waals surface area contributed by atoms with Crippen molar-refractivity contribution < 1.29 is 19.4 Å². The van der Waals surface area contributed by atoms with Crippen LogP contribution >= 0.6 is 0 Å². The Morgan fingerprint density at radius 3 is 2.23 bits per heavy atom. The minimum atomic E-state index is -0.765. The fourth-order valence-corrected chi connectivity index (χ4v) is 2.52. The van der Waals surface area contributed by atoms with Gasteiger partial charge in [-0.25, -0.2) is 0 Å². The fourth-order valence-electron chi connectivity index (χ4n) is 2.52. The average Bonchev–Trinajstić information content (AvgIpc) is 1.79. The average molecular weight is 184 g/mol. The van der Waals surface area contributed by atoms with Gasteiger partial charge in [0.25, 0.3) is 0 Å². The molecule has 3 aliphatic carbocycles. The maximum absolute atomic E-state index is 11.3. The highest BCUT2D eigenvalue weighted by molar-refractivity contribution is 5.90. The summed E-state index contributed by atoms with van der Waals surface area (Å²) in [5, 5.41) is 8.80. The van der Waals surface area contributed by atoms with E-state index in [0.29, 0.717) is 25.9 Å². The van der Waals surface area contributed by atoms with Crippen molar-refractivity contribution in [3.05, 3.63) is 0 Å². The van der Waals surface area contributed by atoms with Gasteiger partial charge in [0.15, 0.2) is 0 Å². The molecule has 0 aromatic carbocycles. The largest absolute Gasteiger partial charge is 0.481 e. The molecule has 13 heavy (non-hydrogen) atoms. The topological polar surface area (TPSA) is 63.6 Å². The molecule has 0 spiro atoms. The molecule has 0 aromatic heterocycles. The molecule has 0 amide bonds. The van der Waals surface area contributed by atoms with E-state index < -0.39 is 16.8 Å². The molecule has 0 atom stereocenters. The second-order valence-corrected chi connectivity index (χ2v) is 4.12. The van der Waals surface area contributed by atoms with E-state index in [4.69, 9.17) is 9.84 Å². The van der Waals surface area contributed by atoms with Crippen LogP contribution in [0, 0.1) is 10.8 Å². The van der Waals surface area contributed by atoms with Crippen LogP contribution in [0.4, 0.5) is 0 Å². The molecular weight excluding hydrogens is 172 g/mol. The van der Waals surface area contributed by atoms with E-state index >= 15 is 0 Å². The maximum atomic E-state index is 11.3. The van der Waals surface area contributed by atoms with Crippen LogP contribution in [0.1, 0.15) is 26.2 Å². The molecule has 0 aromatic rings. The lowest BCUT2D eigenvalue weighted by Crippen LogP contribution is -2.68. The summed E-state index contributed by atoms with van der Waals surface area (Å²) in [5.41, 5.74) is -0.999. The second-order valence-electron chi connectivity index (χ2n) is 4.12. The van der Waals surface area contributed by atoms with E-state index in [2.05, 4.69) is 0 Å². The Morgan fingerprint density at radius 2 is 1.85 bits per heavy atom. The van der Waals surface area contributed by atoms with Crippen LogP contribution in [-0.4, -0.2) is 23.7 Å². The molecule has 4 heteroatoms. The summed E-state index contributed by atoms with van der Waals surface area (Å²) in [6.07, 6.45) is 1.44. The van der Waals surface area contributed by atoms with Crippen LogP contribution in [0.15, 0.2) is 0 Å². The normalized spacial score (nSPS) is 40.1. The summed E-state index contributed by atoms with van der Waals surface area (Å²) in [6.45, 7) is 2.14. The van der Waals surface area contributed by atoms with Gasteiger partial charge in [0.2, 0.25) is 0 Å². The standard InChI is InChI=1S/C9H12O4/c1-2-13-7(12)9-3-8(4-9,5-9)6(10)11/h2-5H2,1H3,(H,10,11). The molecule has 0 aliphatic heterocycles. The summed E-state index contributed by atoms with van der Waals surface area (Å²) in [5.74, 6) is -0.975. The van der Waals surface area contributed by atoms with Crippen molar-refractivity contribution in [1.29, 1.82) is 0 Å². The first-order chi connectivity index (χ1) is 6.05. The Bertz CT molecular complexity index is 262. The first-order valence-electron chi connectivity index (χ1n) is 4.45. The van der Waals surface area contributed by atoms with E-state index in [1.807, 2.05) is 0 Å². The van der Waals surface area contributed by atoms with Gasteiger partial charge in [-0.3, -0.25) is 9.59 Å². The number of carbonyl (C=O) groups is 2. The SMILES string of the molecule is CCOC(=O)C12CC(C(=O)O)(C1)C2. The number of carboxylic acids is 1. The number of esters is 1. The summed E-state index contributed by atoms with van der Waals surface area (Å²) >= 11 is 0. The Balaban J connectivity index is 1.96. The van der Waals surface area contributed by atoms with Crippen molar-refractivity contribution in [3.8, 4) is 0 Å². The maximum Gasteiger partial charge on any atom is 0.312 e. The Hall–Kier alpha value is -1.06. The van der Waals surface area contributed by atoms with Gasteiger partial charge < -0.3 is 9.84 Å². The second kappa shape index (κ2) is 2.25. The molecule has 0 heterocycles. The molecule has 3 fully saturated rings. The van der Waals surface area contributed by atoms with Gasteiger partial charge in [-0.2, -0.15) is 0 Å². The number of hydrogen-bond acceptors (Lipinski definition) is 3. The van der Waals surface area contributed by atoms with Gasteiger partial charge in [0.1, 0.15) is 0 Å². The third-order valence-electron chi connectivity index (χ3n) is 3.19. The van der Waals surface area contributed by atoms with Crippen molar-refractivity contribution in [2.45, 2.75) is 26.2 Å². The summed E-state index contributed by atoms with van der Waals surface area (Å²) < 4.78 is 4.88. The Kier molecular flexibility index (Phi) is 1.47. The monoisotopic (exact) mass is 184 g/mol. The first-order valence-corrected chi connectivity index (χ1v) is 4.45. The summed E-state index contributed by atoms with van der Waals surface area (Å²) in [4.78, 5) is 22.0. The number of carboxylic acid groups (broad SMARTS) is 1. The zero-order valence-electron chi connectivity index (χ0n) is 7.50. The highest BCUT2D eigenvalue weighted by atomic mass is 16.5.